The molecule has 0 spiro atoms. The number of hydrogen-bond acceptors (Lipinski definition) is 3. The molecule has 5 nitrogen and oxygen atoms in total. The third-order valence-corrected chi connectivity index (χ3v) is 3.20. The summed E-state index contributed by atoms with van der Waals surface area (Å²) in [5.41, 5.74) is 0.781. The van der Waals surface area contributed by atoms with Crippen LogP contribution in [0, 0.1) is 6.92 Å². The van der Waals surface area contributed by atoms with Crippen LogP contribution in [-0.4, -0.2) is 17.1 Å². The highest BCUT2D eigenvalue weighted by molar-refractivity contribution is 5.74. The van der Waals surface area contributed by atoms with Crippen LogP contribution in [0.1, 0.15) is 43.6 Å². The Kier molecular flexibility index (Phi) is 4.01. The lowest BCUT2D eigenvalue weighted by Crippen LogP contribution is -2.42. The molecule has 17 heavy (non-hydrogen) atoms. The number of urea groups is 1. The third-order valence-electron chi connectivity index (χ3n) is 3.20. The number of hydrogen-bond donors (Lipinski definition) is 2. The molecule has 0 radical (unpaired) electrons. The summed E-state index contributed by atoms with van der Waals surface area (Å²) in [6.07, 6.45) is 7.30. The van der Waals surface area contributed by atoms with Gasteiger partial charge in [0.15, 0.2) is 6.39 Å². The quantitative estimate of drug-likeness (QED) is 0.846. The minimum Gasteiger partial charge on any atom is -0.448 e. The Balaban J connectivity index is 1.72. The van der Waals surface area contributed by atoms with Crippen LogP contribution in [0.5, 0.6) is 0 Å². The van der Waals surface area contributed by atoms with Gasteiger partial charge in [0.25, 0.3) is 0 Å². The number of amides is 2. The van der Waals surface area contributed by atoms with Crippen LogP contribution in [0.15, 0.2) is 10.8 Å². The van der Waals surface area contributed by atoms with Crippen molar-refractivity contribution < 1.29 is 9.21 Å². The molecule has 0 saturated heterocycles. The van der Waals surface area contributed by atoms with Gasteiger partial charge in [0.2, 0.25) is 0 Å². The number of oxazole rings is 1. The van der Waals surface area contributed by atoms with Crippen molar-refractivity contribution in [1.82, 2.24) is 15.6 Å². The Labute approximate surface area is 101 Å². The number of rotatable bonds is 3. The third kappa shape index (κ3) is 3.47. The molecular formula is C12H19N3O2. The van der Waals surface area contributed by atoms with E-state index >= 15 is 0 Å². The maximum atomic E-state index is 11.6. The summed E-state index contributed by atoms with van der Waals surface area (Å²) < 4.78 is 5.06. The molecule has 0 aromatic carbocycles. The minimum atomic E-state index is -0.112. The zero-order valence-corrected chi connectivity index (χ0v) is 10.2. The lowest BCUT2D eigenvalue weighted by molar-refractivity contribution is 0.232. The van der Waals surface area contributed by atoms with Crippen LogP contribution in [0.2, 0.25) is 0 Å². The molecule has 1 aromatic heterocycles. The molecule has 1 heterocycles. The fraction of sp³-hybridized carbons (Fsp3) is 0.667. The van der Waals surface area contributed by atoms with E-state index in [0.29, 0.717) is 12.6 Å². The molecule has 1 fully saturated rings. The predicted octanol–water partition coefficient (Wildman–Crippen LogP) is 2.11. The normalized spacial score (nSPS) is 16.8. The Morgan fingerprint density at radius 3 is 2.88 bits per heavy atom. The Morgan fingerprint density at radius 1 is 1.47 bits per heavy atom. The van der Waals surface area contributed by atoms with Crippen LogP contribution >= 0.6 is 0 Å². The summed E-state index contributed by atoms with van der Waals surface area (Å²) in [5.74, 6) is 0.753. The van der Waals surface area contributed by atoms with Crippen LogP contribution in [0.3, 0.4) is 0 Å². The topological polar surface area (TPSA) is 67.2 Å². The van der Waals surface area contributed by atoms with Gasteiger partial charge in [0, 0.05) is 6.04 Å². The Morgan fingerprint density at radius 2 is 2.24 bits per heavy atom. The molecule has 2 rings (SSSR count). The van der Waals surface area contributed by atoms with E-state index in [2.05, 4.69) is 15.6 Å². The van der Waals surface area contributed by atoms with Crippen molar-refractivity contribution in [3.05, 3.63) is 17.8 Å². The van der Waals surface area contributed by atoms with E-state index in [-0.39, 0.29) is 6.03 Å². The van der Waals surface area contributed by atoms with E-state index in [0.717, 1.165) is 24.3 Å². The first kappa shape index (κ1) is 12.0. The first-order valence-electron chi connectivity index (χ1n) is 6.19. The number of nitrogens with one attached hydrogen (secondary N) is 2. The van der Waals surface area contributed by atoms with Gasteiger partial charge in [0.1, 0.15) is 11.5 Å². The van der Waals surface area contributed by atoms with Gasteiger partial charge in [-0.05, 0) is 19.8 Å². The highest BCUT2D eigenvalue weighted by atomic mass is 16.3. The zero-order valence-electron chi connectivity index (χ0n) is 10.2. The zero-order chi connectivity index (χ0) is 12.1. The van der Waals surface area contributed by atoms with Crippen molar-refractivity contribution in [2.75, 3.05) is 0 Å². The van der Waals surface area contributed by atoms with E-state index in [4.69, 9.17) is 4.42 Å². The van der Waals surface area contributed by atoms with Gasteiger partial charge in [0.05, 0.1) is 6.54 Å². The van der Waals surface area contributed by atoms with Crippen LogP contribution in [0.25, 0.3) is 0 Å². The fourth-order valence-corrected chi connectivity index (χ4v) is 2.15. The van der Waals surface area contributed by atoms with Gasteiger partial charge in [-0.3, -0.25) is 0 Å². The lowest BCUT2D eigenvalue weighted by atomic mass is 9.96. The summed E-state index contributed by atoms with van der Waals surface area (Å²) >= 11 is 0. The smallest absolute Gasteiger partial charge is 0.315 e. The number of carbonyl (C=O) groups excluding carboxylic acids is 1. The number of aryl methyl sites for hydroxylation is 1. The fourth-order valence-electron chi connectivity index (χ4n) is 2.15. The van der Waals surface area contributed by atoms with Crippen molar-refractivity contribution >= 4 is 6.03 Å². The first-order valence-corrected chi connectivity index (χ1v) is 6.19. The molecule has 1 aliphatic rings. The second-order valence-corrected chi connectivity index (χ2v) is 4.52. The maximum Gasteiger partial charge on any atom is 0.315 e. The van der Waals surface area contributed by atoms with Gasteiger partial charge in [-0.25, -0.2) is 9.78 Å². The van der Waals surface area contributed by atoms with Gasteiger partial charge >= 0.3 is 6.03 Å². The van der Waals surface area contributed by atoms with E-state index in [1.807, 2.05) is 6.92 Å². The molecule has 2 amide bonds. The second kappa shape index (κ2) is 5.70. The maximum absolute atomic E-state index is 11.6. The lowest BCUT2D eigenvalue weighted by Gasteiger charge is -2.22. The van der Waals surface area contributed by atoms with Crippen molar-refractivity contribution in [3.8, 4) is 0 Å². The SMILES string of the molecule is Cc1ocnc1CNC(=O)NC1CCCCC1. The first-order chi connectivity index (χ1) is 8.25. The van der Waals surface area contributed by atoms with Crippen LogP contribution in [0.4, 0.5) is 4.79 Å². The summed E-state index contributed by atoms with van der Waals surface area (Å²) in [6, 6.07) is 0.224. The Bertz CT molecular complexity index is 370. The van der Waals surface area contributed by atoms with Gasteiger partial charge in [-0.2, -0.15) is 0 Å². The Hall–Kier alpha value is -1.52. The molecule has 0 bridgehead atoms. The summed E-state index contributed by atoms with van der Waals surface area (Å²) in [7, 11) is 0. The average Bonchev–Trinajstić information content (AvgIpc) is 2.74. The van der Waals surface area contributed by atoms with E-state index in [9.17, 15) is 4.79 Å². The van der Waals surface area contributed by atoms with Gasteiger partial charge < -0.3 is 15.1 Å². The number of nitrogens with zero attached hydrogens (tertiary/aromatic N) is 1. The van der Waals surface area contributed by atoms with Gasteiger partial charge in [-0.15, -0.1) is 0 Å². The predicted molar refractivity (Wildman–Crippen MR) is 63.5 cm³/mol. The van der Waals surface area contributed by atoms with E-state index in [1.54, 1.807) is 0 Å². The molecular weight excluding hydrogens is 218 g/mol. The van der Waals surface area contributed by atoms with Crippen molar-refractivity contribution in [3.63, 3.8) is 0 Å². The van der Waals surface area contributed by atoms with E-state index in [1.165, 1.54) is 25.7 Å². The molecule has 0 aliphatic heterocycles. The molecule has 1 aliphatic carbocycles. The molecule has 94 valence electrons. The largest absolute Gasteiger partial charge is 0.448 e. The molecule has 2 N–H and O–H groups in total. The van der Waals surface area contributed by atoms with Crippen LogP contribution < -0.4 is 10.6 Å². The van der Waals surface area contributed by atoms with Crippen molar-refractivity contribution in [2.45, 2.75) is 51.6 Å². The van der Waals surface area contributed by atoms with Crippen LogP contribution in [-0.2, 0) is 6.54 Å². The monoisotopic (exact) mass is 237 g/mol. The molecule has 1 saturated carbocycles. The highest BCUT2D eigenvalue weighted by Gasteiger charge is 2.15. The average molecular weight is 237 g/mol. The van der Waals surface area contributed by atoms with E-state index < -0.39 is 0 Å². The summed E-state index contributed by atoms with van der Waals surface area (Å²) in [5, 5.41) is 5.79. The number of aromatic nitrogens is 1. The van der Waals surface area contributed by atoms with Crippen molar-refractivity contribution in [1.29, 1.82) is 0 Å². The minimum absolute atomic E-state index is 0.112. The molecule has 1 aromatic rings. The molecule has 5 heteroatoms. The summed E-state index contributed by atoms with van der Waals surface area (Å²) in [4.78, 5) is 15.7. The standard InChI is InChI=1S/C12H19N3O2/c1-9-11(14-8-17-9)7-13-12(16)15-10-5-3-2-4-6-10/h8,10H,2-7H2,1H3,(H2,13,15,16). The number of carbonyl (C=O) groups is 1. The second-order valence-electron chi connectivity index (χ2n) is 4.52. The molecule has 0 unspecified atom stereocenters. The highest BCUT2D eigenvalue weighted by Crippen LogP contribution is 2.17. The summed E-state index contributed by atoms with van der Waals surface area (Å²) in [6.45, 7) is 2.25. The van der Waals surface area contributed by atoms with Gasteiger partial charge in [-0.1, -0.05) is 19.3 Å². The van der Waals surface area contributed by atoms with Crippen molar-refractivity contribution in [2.24, 2.45) is 0 Å². The molecule has 0 atom stereocenters.